The standard InChI is InChI=1S/C19H13Cl3N2OS/c20-15-6-2-1-4-13(15)10-14-11-23-19(26-14)24-17(25)9-8-12-5-3-7-16(21)18(12)22/h1-9,11H,10H2,(H,23,24,25)/b9-8-. The van der Waals surface area contributed by atoms with Crippen LogP contribution in [0.5, 0.6) is 0 Å². The molecule has 1 N–H and O–H groups in total. The number of hydrogen-bond donors (Lipinski definition) is 1. The fourth-order valence-corrected chi connectivity index (χ4v) is 3.65. The highest BCUT2D eigenvalue weighted by molar-refractivity contribution is 7.15. The molecule has 7 heteroatoms. The molecule has 3 aromatic rings. The Morgan fingerprint density at radius 2 is 1.85 bits per heavy atom. The van der Waals surface area contributed by atoms with E-state index in [0.29, 0.717) is 32.2 Å². The van der Waals surface area contributed by atoms with Crippen LogP contribution in [0.15, 0.2) is 54.7 Å². The summed E-state index contributed by atoms with van der Waals surface area (Å²) in [7, 11) is 0. The molecule has 0 spiro atoms. The number of anilines is 1. The van der Waals surface area contributed by atoms with Crippen molar-refractivity contribution in [3.05, 3.63) is 85.8 Å². The van der Waals surface area contributed by atoms with Crippen LogP contribution < -0.4 is 5.32 Å². The SMILES string of the molecule is O=C(/C=C\c1cccc(Cl)c1Cl)Nc1ncc(Cc2ccccc2Cl)s1. The lowest BCUT2D eigenvalue weighted by Gasteiger charge is -2.01. The van der Waals surface area contributed by atoms with Gasteiger partial charge in [0, 0.05) is 28.6 Å². The van der Waals surface area contributed by atoms with E-state index in [0.717, 1.165) is 10.4 Å². The highest BCUT2D eigenvalue weighted by Gasteiger charge is 2.08. The first-order valence-corrected chi connectivity index (χ1v) is 9.59. The van der Waals surface area contributed by atoms with Crippen LogP contribution in [0.2, 0.25) is 15.1 Å². The molecule has 1 amide bonds. The zero-order chi connectivity index (χ0) is 18.5. The predicted octanol–water partition coefficient (Wildman–Crippen LogP) is 6.35. The van der Waals surface area contributed by atoms with Crippen LogP contribution in [0.25, 0.3) is 6.08 Å². The number of halogens is 3. The molecule has 0 unspecified atom stereocenters. The van der Waals surface area contributed by atoms with Crippen molar-refractivity contribution in [2.45, 2.75) is 6.42 Å². The van der Waals surface area contributed by atoms with Crippen LogP contribution in [0.3, 0.4) is 0 Å². The third-order valence-electron chi connectivity index (χ3n) is 3.50. The largest absolute Gasteiger partial charge is 0.298 e. The summed E-state index contributed by atoms with van der Waals surface area (Å²) in [6.07, 6.45) is 5.41. The number of aromatic nitrogens is 1. The molecule has 26 heavy (non-hydrogen) atoms. The molecule has 3 nitrogen and oxygen atoms in total. The second-order valence-corrected chi connectivity index (χ2v) is 7.67. The maximum absolute atomic E-state index is 12.1. The van der Waals surface area contributed by atoms with Crippen molar-refractivity contribution in [2.75, 3.05) is 5.32 Å². The van der Waals surface area contributed by atoms with Crippen LogP contribution in [0.1, 0.15) is 16.0 Å². The number of nitrogens with zero attached hydrogens (tertiary/aromatic N) is 1. The first-order valence-electron chi connectivity index (χ1n) is 7.64. The van der Waals surface area contributed by atoms with Crippen LogP contribution in [0.4, 0.5) is 5.13 Å². The highest BCUT2D eigenvalue weighted by atomic mass is 35.5. The summed E-state index contributed by atoms with van der Waals surface area (Å²) >= 11 is 19.6. The molecule has 0 radical (unpaired) electrons. The average molecular weight is 424 g/mol. The van der Waals surface area contributed by atoms with Gasteiger partial charge in [0.05, 0.1) is 10.0 Å². The van der Waals surface area contributed by atoms with Crippen LogP contribution >= 0.6 is 46.1 Å². The van der Waals surface area contributed by atoms with E-state index < -0.39 is 0 Å². The molecule has 0 aliphatic carbocycles. The van der Waals surface area contributed by atoms with Crippen molar-refractivity contribution in [3.63, 3.8) is 0 Å². The van der Waals surface area contributed by atoms with E-state index in [1.165, 1.54) is 17.4 Å². The summed E-state index contributed by atoms with van der Waals surface area (Å²) in [6.45, 7) is 0. The number of benzene rings is 2. The summed E-state index contributed by atoms with van der Waals surface area (Å²) in [4.78, 5) is 17.3. The van der Waals surface area contributed by atoms with Crippen molar-refractivity contribution >= 4 is 63.3 Å². The first-order chi connectivity index (χ1) is 12.5. The molecule has 0 atom stereocenters. The molecule has 132 valence electrons. The molecule has 2 aromatic carbocycles. The van der Waals surface area contributed by atoms with E-state index in [4.69, 9.17) is 34.8 Å². The van der Waals surface area contributed by atoms with E-state index in [9.17, 15) is 4.79 Å². The molecule has 1 aromatic heterocycles. The molecular formula is C19H13Cl3N2OS. The Morgan fingerprint density at radius 1 is 1.08 bits per heavy atom. The normalized spacial score (nSPS) is 11.0. The van der Waals surface area contributed by atoms with Gasteiger partial charge in [-0.2, -0.15) is 0 Å². The second kappa shape index (κ2) is 8.69. The summed E-state index contributed by atoms with van der Waals surface area (Å²) in [5, 5.41) is 4.84. The minimum atomic E-state index is -0.292. The zero-order valence-corrected chi connectivity index (χ0v) is 16.5. The van der Waals surface area contributed by atoms with Crippen molar-refractivity contribution < 1.29 is 4.79 Å². The van der Waals surface area contributed by atoms with E-state index >= 15 is 0 Å². The fourth-order valence-electron chi connectivity index (χ4n) is 2.24. The number of rotatable bonds is 5. The number of carbonyl (C=O) groups excluding carboxylic acids is 1. The molecule has 0 fully saturated rings. The van der Waals surface area contributed by atoms with Crippen molar-refractivity contribution in [2.24, 2.45) is 0 Å². The Balaban J connectivity index is 1.63. The van der Waals surface area contributed by atoms with Gasteiger partial charge in [-0.15, -0.1) is 11.3 Å². The molecule has 1 heterocycles. The topological polar surface area (TPSA) is 42.0 Å². The molecule has 3 rings (SSSR count). The maximum atomic E-state index is 12.1. The molecule has 0 saturated heterocycles. The number of amides is 1. The van der Waals surface area contributed by atoms with Gasteiger partial charge in [-0.3, -0.25) is 10.1 Å². The lowest BCUT2D eigenvalue weighted by atomic mass is 10.1. The minimum Gasteiger partial charge on any atom is -0.298 e. The van der Waals surface area contributed by atoms with Gasteiger partial charge in [-0.25, -0.2) is 4.98 Å². The molecule has 0 saturated carbocycles. The lowest BCUT2D eigenvalue weighted by Crippen LogP contribution is -2.07. The number of carbonyl (C=O) groups is 1. The third-order valence-corrected chi connectivity index (χ3v) is 5.62. The van der Waals surface area contributed by atoms with Gasteiger partial charge in [0.1, 0.15) is 0 Å². The molecule has 0 aliphatic heterocycles. The minimum absolute atomic E-state index is 0.292. The van der Waals surface area contributed by atoms with Gasteiger partial charge in [0.2, 0.25) is 5.91 Å². The number of nitrogens with one attached hydrogen (secondary N) is 1. The number of hydrogen-bond acceptors (Lipinski definition) is 3. The second-order valence-electron chi connectivity index (χ2n) is 5.37. The number of thiazole rings is 1. The van der Waals surface area contributed by atoms with Gasteiger partial charge in [-0.05, 0) is 29.3 Å². The summed E-state index contributed by atoms with van der Waals surface area (Å²) in [6, 6.07) is 12.9. The van der Waals surface area contributed by atoms with E-state index in [1.54, 1.807) is 30.5 Å². The van der Waals surface area contributed by atoms with Crippen molar-refractivity contribution in [1.82, 2.24) is 4.98 Å². The Kier molecular flexibility index (Phi) is 6.33. The molecule has 0 bridgehead atoms. The van der Waals surface area contributed by atoms with Gasteiger partial charge < -0.3 is 0 Å². The van der Waals surface area contributed by atoms with Gasteiger partial charge in [0.15, 0.2) is 5.13 Å². The van der Waals surface area contributed by atoms with Crippen LogP contribution in [-0.4, -0.2) is 10.9 Å². The first kappa shape index (κ1) is 18.9. The van der Waals surface area contributed by atoms with Gasteiger partial charge >= 0.3 is 0 Å². The van der Waals surface area contributed by atoms with Gasteiger partial charge in [0.25, 0.3) is 0 Å². The summed E-state index contributed by atoms with van der Waals surface area (Å²) in [5.74, 6) is -0.292. The molecule has 0 aliphatic rings. The third kappa shape index (κ3) is 4.86. The summed E-state index contributed by atoms with van der Waals surface area (Å²) < 4.78 is 0. The average Bonchev–Trinajstić information content (AvgIpc) is 3.05. The maximum Gasteiger partial charge on any atom is 0.250 e. The Morgan fingerprint density at radius 3 is 2.65 bits per heavy atom. The van der Waals surface area contributed by atoms with E-state index in [2.05, 4.69) is 10.3 Å². The Bertz CT molecular complexity index is 969. The Labute approximate surface area is 170 Å². The quantitative estimate of drug-likeness (QED) is 0.486. The fraction of sp³-hybridized carbons (Fsp3) is 0.0526. The van der Waals surface area contributed by atoms with E-state index in [-0.39, 0.29) is 5.91 Å². The summed E-state index contributed by atoms with van der Waals surface area (Å²) in [5.41, 5.74) is 1.69. The lowest BCUT2D eigenvalue weighted by molar-refractivity contribution is -0.111. The highest BCUT2D eigenvalue weighted by Crippen LogP contribution is 2.27. The Hall–Kier alpha value is -1.85. The van der Waals surface area contributed by atoms with Crippen LogP contribution in [0, 0.1) is 0 Å². The van der Waals surface area contributed by atoms with Crippen molar-refractivity contribution in [1.29, 1.82) is 0 Å². The zero-order valence-electron chi connectivity index (χ0n) is 13.4. The van der Waals surface area contributed by atoms with E-state index in [1.807, 2.05) is 24.3 Å². The molecular weight excluding hydrogens is 411 g/mol. The monoisotopic (exact) mass is 422 g/mol. The smallest absolute Gasteiger partial charge is 0.250 e. The van der Waals surface area contributed by atoms with Crippen molar-refractivity contribution in [3.8, 4) is 0 Å². The van der Waals surface area contributed by atoms with Crippen LogP contribution in [-0.2, 0) is 11.2 Å². The predicted molar refractivity (Wildman–Crippen MR) is 110 cm³/mol. The van der Waals surface area contributed by atoms with Gasteiger partial charge in [-0.1, -0.05) is 65.1 Å².